The monoisotopic (exact) mass is 226 g/mol. The molecule has 0 fully saturated rings. The molecule has 0 aliphatic carbocycles. The van der Waals surface area contributed by atoms with Gasteiger partial charge in [-0.3, -0.25) is 0 Å². The first-order valence-corrected chi connectivity index (χ1v) is 5.05. The molecule has 0 aromatic heterocycles. The summed E-state index contributed by atoms with van der Waals surface area (Å²) >= 11 is 5.74. The molecule has 0 amide bonds. The first-order valence-electron chi connectivity index (χ1n) is 4.67. The van der Waals surface area contributed by atoms with E-state index in [4.69, 9.17) is 16.9 Å². The maximum atomic E-state index is 13.2. The van der Waals surface area contributed by atoms with Crippen molar-refractivity contribution in [2.24, 2.45) is 5.92 Å². The Bertz CT molecular complexity index is 373. The highest BCUT2D eigenvalue weighted by Crippen LogP contribution is 2.14. The van der Waals surface area contributed by atoms with Gasteiger partial charge in [-0.2, -0.15) is 5.26 Å². The average molecular weight is 227 g/mol. The highest BCUT2D eigenvalue weighted by molar-refractivity contribution is 6.30. The van der Waals surface area contributed by atoms with Crippen LogP contribution in [-0.4, -0.2) is 6.54 Å². The fourth-order valence-electron chi connectivity index (χ4n) is 1.15. The van der Waals surface area contributed by atoms with Crippen LogP contribution >= 0.6 is 11.6 Å². The Kier molecular flexibility index (Phi) is 4.54. The Morgan fingerprint density at radius 3 is 3.00 bits per heavy atom. The topological polar surface area (TPSA) is 35.8 Å². The van der Waals surface area contributed by atoms with E-state index in [1.165, 1.54) is 12.1 Å². The molecule has 0 saturated heterocycles. The SMILES string of the molecule is CC(C#N)CNCc1cc(Cl)ccc1F. The highest BCUT2D eigenvalue weighted by Gasteiger charge is 2.03. The van der Waals surface area contributed by atoms with E-state index >= 15 is 0 Å². The summed E-state index contributed by atoms with van der Waals surface area (Å²) in [7, 11) is 0. The van der Waals surface area contributed by atoms with E-state index in [0.29, 0.717) is 23.7 Å². The third kappa shape index (κ3) is 3.86. The van der Waals surface area contributed by atoms with E-state index in [1.807, 2.05) is 0 Å². The molecule has 1 atom stereocenters. The van der Waals surface area contributed by atoms with E-state index < -0.39 is 0 Å². The molecule has 0 aliphatic rings. The molecule has 1 aromatic rings. The minimum atomic E-state index is -0.281. The van der Waals surface area contributed by atoms with E-state index in [-0.39, 0.29) is 11.7 Å². The molecule has 4 heteroatoms. The summed E-state index contributed by atoms with van der Waals surface area (Å²) in [4.78, 5) is 0. The summed E-state index contributed by atoms with van der Waals surface area (Å²) in [5.41, 5.74) is 0.521. The molecule has 0 saturated carbocycles. The van der Waals surface area contributed by atoms with Gasteiger partial charge in [-0.1, -0.05) is 11.6 Å². The highest BCUT2D eigenvalue weighted by atomic mass is 35.5. The Hall–Kier alpha value is -1.11. The van der Waals surface area contributed by atoms with Gasteiger partial charge in [-0.15, -0.1) is 0 Å². The minimum Gasteiger partial charge on any atom is -0.311 e. The lowest BCUT2D eigenvalue weighted by atomic mass is 10.2. The minimum absolute atomic E-state index is 0.0766. The van der Waals surface area contributed by atoms with Crippen molar-refractivity contribution in [3.63, 3.8) is 0 Å². The van der Waals surface area contributed by atoms with E-state index in [2.05, 4.69) is 11.4 Å². The third-order valence-corrected chi connectivity index (χ3v) is 2.23. The number of rotatable bonds is 4. The van der Waals surface area contributed by atoms with Gasteiger partial charge in [-0.05, 0) is 25.1 Å². The van der Waals surface area contributed by atoms with Crippen LogP contribution < -0.4 is 5.32 Å². The van der Waals surface area contributed by atoms with E-state index in [1.54, 1.807) is 13.0 Å². The van der Waals surface area contributed by atoms with Crippen molar-refractivity contribution in [2.45, 2.75) is 13.5 Å². The van der Waals surface area contributed by atoms with Crippen LogP contribution in [0.3, 0.4) is 0 Å². The average Bonchev–Trinajstić information content (AvgIpc) is 2.23. The van der Waals surface area contributed by atoms with Crippen LogP contribution in [-0.2, 0) is 6.54 Å². The normalized spacial score (nSPS) is 12.1. The van der Waals surface area contributed by atoms with Gasteiger partial charge in [-0.25, -0.2) is 4.39 Å². The number of benzene rings is 1. The summed E-state index contributed by atoms with van der Waals surface area (Å²) in [6.45, 7) is 2.74. The van der Waals surface area contributed by atoms with Crippen molar-refractivity contribution < 1.29 is 4.39 Å². The second-order valence-corrected chi connectivity index (χ2v) is 3.83. The summed E-state index contributed by atoms with van der Waals surface area (Å²) < 4.78 is 13.2. The number of nitriles is 1. The van der Waals surface area contributed by atoms with Crippen LogP contribution in [0.4, 0.5) is 4.39 Å². The number of nitrogens with zero attached hydrogens (tertiary/aromatic N) is 1. The van der Waals surface area contributed by atoms with Crippen LogP contribution in [0.25, 0.3) is 0 Å². The van der Waals surface area contributed by atoms with Crippen LogP contribution in [0.1, 0.15) is 12.5 Å². The van der Waals surface area contributed by atoms with Gasteiger partial charge < -0.3 is 5.32 Å². The fourth-order valence-corrected chi connectivity index (χ4v) is 1.34. The largest absolute Gasteiger partial charge is 0.311 e. The maximum absolute atomic E-state index is 13.2. The van der Waals surface area contributed by atoms with Gasteiger partial charge in [0.25, 0.3) is 0 Å². The zero-order chi connectivity index (χ0) is 11.3. The zero-order valence-corrected chi connectivity index (χ0v) is 9.18. The number of hydrogen-bond acceptors (Lipinski definition) is 2. The quantitative estimate of drug-likeness (QED) is 0.857. The van der Waals surface area contributed by atoms with Gasteiger partial charge in [0.2, 0.25) is 0 Å². The van der Waals surface area contributed by atoms with Crippen molar-refractivity contribution in [3.8, 4) is 6.07 Å². The molecule has 0 bridgehead atoms. The van der Waals surface area contributed by atoms with Crippen molar-refractivity contribution in [1.29, 1.82) is 5.26 Å². The predicted octanol–water partition coefficient (Wildman–Crippen LogP) is 2.73. The second-order valence-electron chi connectivity index (χ2n) is 3.40. The molecule has 2 nitrogen and oxygen atoms in total. The number of nitrogens with one attached hydrogen (secondary N) is 1. The zero-order valence-electron chi connectivity index (χ0n) is 8.43. The Balaban J connectivity index is 2.51. The van der Waals surface area contributed by atoms with Crippen molar-refractivity contribution in [2.75, 3.05) is 6.54 Å². The number of halogens is 2. The lowest BCUT2D eigenvalue weighted by molar-refractivity contribution is 0.564. The Labute approximate surface area is 93.7 Å². The van der Waals surface area contributed by atoms with E-state index in [9.17, 15) is 4.39 Å². The van der Waals surface area contributed by atoms with Gasteiger partial charge in [0, 0.05) is 23.7 Å². The summed E-state index contributed by atoms with van der Waals surface area (Å²) in [6, 6.07) is 6.53. The van der Waals surface area contributed by atoms with Crippen LogP contribution in [0, 0.1) is 23.1 Å². The Morgan fingerprint density at radius 1 is 1.60 bits per heavy atom. The lowest BCUT2D eigenvalue weighted by Crippen LogP contribution is -2.20. The van der Waals surface area contributed by atoms with Crippen LogP contribution in [0.15, 0.2) is 18.2 Å². The van der Waals surface area contributed by atoms with Gasteiger partial charge in [0.15, 0.2) is 0 Å². The number of hydrogen-bond donors (Lipinski definition) is 1. The second kappa shape index (κ2) is 5.69. The van der Waals surface area contributed by atoms with E-state index in [0.717, 1.165) is 0 Å². The molecule has 1 N–H and O–H groups in total. The maximum Gasteiger partial charge on any atom is 0.127 e. The lowest BCUT2D eigenvalue weighted by Gasteiger charge is -2.07. The van der Waals surface area contributed by atoms with Crippen molar-refractivity contribution >= 4 is 11.6 Å². The summed E-state index contributed by atoms with van der Waals surface area (Å²) in [5, 5.41) is 12.1. The molecule has 1 aromatic carbocycles. The fraction of sp³-hybridized carbons (Fsp3) is 0.364. The first kappa shape index (κ1) is 12.0. The van der Waals surface area contributed by atoms with Gasteiger partial charge in [0.1, 0.15) is 5.82 Å². The smallest absolute Gasteiger partial charge is 0.127 e. The van der Waals surface area contributed by atoms with Gasteiger partial charge >= 0.3 is 0 Å². The molecule has 0 spiro atoms. The molecule has 80 valence electrons. The third-order valence-electron chi connectivity index (χ3n) is 1.99. The van der Waals surface area contributed by atoms with Gasteiger partial charge in [0.05, 0.1) is 12.0 Å². The summed E-state index contributed by atoms with van der Waals surface area (Å²) in [5.74, 6) is -0.358. The van der Waals surface area contributed by atoms with Crippen molar-refractivity contribution in [3.05, 3.63) is 34.6 Å². The molecule has 15 heavy (non-hydrogen) atoms. The summed E-state index contributed by atoms with van der Waals surface area (Å²) in [6.07, 6.45) is 0. The predicted molar refractivity (Wildman–Crippen MR) is 57.9 cm³/mol. The van der Waals surface area contributed by atoms with Crippen molar-refractivity contribution in [1.82, 2.24) is 5.32 Å². The molecule has 0 radical (unpaired) electrons. The first-order chi connectivity index (χ1) is 7.13. The standard InChI is InChI=1S/C11H12ClFN2/c1-8(5-14)6-15-7-9-4-10(12)2-3-11(9)13/h2-4,8,15H,6-7H2,1H3. The molecule has 1 unspecified atom stereocenters. The molecular weight excluding hydrogens is 215 g/mol. The van der Waals surface area contributed by atoms with Crippen LogP contribution in [0.2, 0.25) is 5.02 Å². The van der Waals surface area contributed by atoms with Crippen LogP contribution in [0.5, 0.6) is 0 Å². The molecule has 0 aliphatic heterocycles. The molecule has 1 rings (SSSR count). The molecule has 0 heterocycles. The molecular formula is C11H12ClFN2. The Morgan fingerprint density at radius 2 is 2.33 bits per heavy atom.